The Morgan fingerprint density at radius 3 is 2.53 bits per heavy atom. The maximum atomic E-state index is 12.7. The predicted octanol–water partition coefficient (Wildman–Crippen LogP) is 2.14. The number of methoxy groups -OCH3 is 1. The summed E-state index contributed by atoms with van der Waals surface area (Å²) in [5, 5.41) is 6.34. The molecule has 1 unspecified atom stereocenters. The van der Waals surface area contributed by atoms with Crippen molar-refractivity contribution in [1.82, 2.24) is 10.6 Å². The maximum absolute atomic E-state index is 12.7. The summed E-state index contributed by atoms with van der Waals surface area (Å²) in [5.41, 5.74) is 0.999. The van der Waals surface area contributed by atoms with Crippen molar-refractivity contribution in [2.24, 2.45) is 4.99 Å². The van der Waals surface area contributed by atoms with Crippen molar-refractivity contribution >= 4 is 29.9 Å². The van der Waals surface area contributed by atoms with Crippen LogP contribution in [0.2, 0.25) is 0 Å². The third kappa shape index (κ3) is 7.31. The highest BCUT2D eigenvalue weighted by molar-refractivity contribution is 14.0. The summed E-state index contributed by atoms with van der Waals surface area (Å²) in [5.74, 6) is 0.471. The number of aliphatic imine (C=N–C) groups is 1. The fraction of sp³-hybridized carbons (Fsp3) is 0.462. The third-order valence-corrected chi connectivity index (χ3v) is 2.40. The van der Waals surface area contributed by atoms with Gasteiger partial charge in [0.15, 0.2) is 5.96 Å². The molecule has 0 saturated carbocycles. The number of rotatable bonds is 5. The van der Waals surface area contributed by atoms with Crippen LogP contribution in [0.4, 0.5) is 4.39 Å². The molecular weight excluding hydrogens is 360 g/mol. The van der Waals surface area contributed by atoms with E-state index in [1.54, 1.807) is 26.3 Å². The first-order valence-electron chi connectivity index (χ1n) is 5.86. The topological polar surface area (TPSA) is 45.7 Å². The fourth-order valence-electron chi connectivity index (χ4n) is 1.51. The van der Waals surface area contributed by atoms with Crippen LogP contribution in [0, 0.1) is 5.82 Å². The molecule has 0 aliphatic carbocycles. The molecule has 0 aliphatic heterocycles. The summed E-state index contributed by atoms with van der Waals surface area (Å²) in [6.07, 6.45) is 0. The highest BCUT2D eigenvalue weighted by Crippen LogP contribution is 2.01. The largest absolute Gasteiger partial charge is 0.383 e. The molecule has 0 bridgehead atoms. The molecule has 6 heteroatoms. The van der Waals surface area contributed by atoms with E-state index in [0.29, 0.717) is 19.1 Å². The van der Waals surface area contributed by atoms with E-state index in [-0.39, 0.29) is 35.8 Å². The smallest absolute Gasteiger partial charge is 0.191 e. The number of benzene rings is 1. The van der Waals surface area contributed by atoms with E-state index in [2.05, 4.69) is 15.6 Å². The summed E-state index contributed by atoms with van der Waals surface area (Å²) in [6, 6.07) is 6.55. The van der Waals surface area contributed by atoms with E-state index in [1.165, 1.54) is 12.1 Å². The first-order chi connectivity index (χ1) is 8.65. The molecule has 19 heavy (non-hydrogen) atoms. The minimum absolute atomic E-state index is 0. The molecular formula is C13H21FIN3O. The molecule has 0 aliphatic rings. The molecule has 0 amide bonds. The second kappa shape index (κ2) is 9.96. The van der Waals surface area contributed by atoms with Gasteiger partial charge in [0.25, 0.3) is 0 Å². The van der Waals surface area contributed by atoms with Crippen LogP contribution in [0.15, 0.2) is 29.3 Å². The minimum Gasteiger partial charge on any atom is -0.383 e. The molecule has 2 N–H and O–H groups in total. The van der Waals surface area contributed by atoms with Gasteiger partial charge in [-0.05, 0) is 24.6 Å². The Bertz CT molecular complexity index is 384. The molecule has 1 rings (SSSR count). The maximum Gasteiger partial charge on any atom is 0.191 e. The molecule has 0 spiro atoms. The first kappa shape index (κ1) is 18.1. The number of hydrogen-bond acceptors (Lipinski definition) is 2. The van der Waals surface area contributed by atoms with E-state index in [0.717, 1.165) is 5.56 Å². The van der Waals surface area contributed by atoms with Gasteiger partial charge in [-0.1, -0.05) is 12.1 Å². The van der Waals surface area contributed by atoms with Crippen LogP contribution in [-0.4, -0.2) is 32.8 Å². The van der Waals surface area contributed by atoms with Crippen molar-refractivity contribution in [3.8, 4) is 0 Å². The highest BCUT2D eigenvalue weighted by atomic mass is 127. The molecule has 0 radical (unpaired) electrons. The summed E-state index contributed by atoms with van der Waals surface area (Å²) in [7, 11) is 3.37. The van der Waals surface area contributed by atoms with Gasteiger partial charge in [0, 0.05) is 26.7 Å². The Labute approximate surface area is 130 Å². The van der Waals surface area contributed by atoms with Gasteiger partial charge >= 0.3 is 0 Å². The van der Waals surface area contributed by atoms with Gasteiger partial charge in [-0.25, -0.2) is 4.39 Å². The molecule has 0 aromatic heterocycles. The standard InChI is InChI=1S/C13H20FN3O.HI/c1-10(9-18-3)17-13(15-2)16-8-11-4-6-12(14)7-5-11;/h4-7,10H,8-9H2,1-3H3,(H2,15,16,17);1H. The van der Waals surface area contributed by atoms with Crippen LogP contribution in [0.1, 0.15) is 12.5 Å². The van der Waals surface area contributed by atoms with Gasteiger partial charge in [-0.3, -0.25) is 4.99 Å². The van der Waals surface area contributed by atoms with Gasteiger partial charge in [0.1, 0.15) is 5.82 Å². The first-order valence-corrected chi connectivity index (χ1v) is 5.86. The van der Waals surface area contributed by atoms with Crippen LogP contribution in [-0.2, 0) is 11.3 Å². The molecule has 1 atom stereocenters. The molecule has 1 aromatic carbocycles. The van der Waals surface area contributed by atoms with Gasteiger partial charge in [0.05, 0.1) is 6.61 Å². The summed E-state index contributed by atoms with van der Waals surface area (Å²) in [4.78, 5) is 4.11. The number of ether oxygens (including phenoxy) is 1. The molecule has 1 aromatic rings. The van der Waals surface area contributed by atoms with E-state index in [1.807, 2.05) is 6.92 Å². The quantitative estimate of drug-likeness (QED) is 0.467. The Morgan fingerprint density at radius 2 is 2.00 bits per heavy atom. The number of nitrogens with zero attached hydrogens (tertiary/aromatic N) is 1. The Kier molecular flexibility index (Phi) is 9.50. The van der Waals surface area contributed by atoms with Crippen molar-refractivity contribution in [2.45, 2.75) is 19.5 Å². The Hall–Kier alpha value is -0.890. The van der Waals surface area contributed by atoms with E-state index < -0.39 is 0 Å². The van der Waals surface area contributed by atoms with Gasteiger partial charge in [0.2, 0.25) is 0 Å². The average molecular weight is 381 g/mol. The van der Waals surface area contributed by atoms with Gasteiger partial charge in [-0.2, -0.15) is 0 Å². The zero-order valence-corrected chi connectivity index (χ0v) is 13.8. The monoisotopic (exact) mass is 381 g/mol. The van der Waals surface area contributed by atoms with Crippen molar-refractivity contribution in [2.75, 3.05) is 20.8 Å². The highest BCUT2D eigenvalue weighted by Gasteiger charge is 2.04. The normalized spacial score (nSPS) is 12.5. The van der Waals surface area contributed by atoms with E-state index in [4.69, 9.17) is 4.74 Å². The zero-order valence-electron chi connectivity index (χ0n) is 11.4. The Balaban J connectivity index is 0.00000324. The molecule has 0 heterocycles. The van der Waals surface area contributed by atoms with Gasteiger partial charge in [-0.15, -0.1) is 24.0 Å². The summed E-state index contributed by atoms with van der Waals surface area (Å²) < 4.78 is 17.8. The third-order valence-electron chi connectivity index (χ3n) is 2.40. The van der Waals surface area contributed by atoms with Gasteiger partial charge < -0.3 is 15.4 Å². The van der Waals surface area contributed by atoms with Crippen LogP contribution in [0.25, 0.3) is 0 Å². The van der Waals surface area contributed by atoms with Crippen LogP contribution in [0.3, 0.4) is 0 Å². The van der Waals surface area contributed by atoms with Crippen LogP contribution < -0.4 is 10.6 Å². The molecule has 108 valence electrons. The fourth-order valence-corrected chi connectivity index (χ4v) is 1.51. The molecule has 4 nitrogen and oxygen atoms in total. The Morgan fingerprint density at radius 1 is 1.37 bits per heavy atom. The number of nitrogens with one attached hydrogen (secondary N) is 2. The van der Waals surface area contributed by atoms with E-state index in [9.17, 15) is 4.39 Å². The van der Waals surface area contributed by atoms with Crippen molar-refractivity contribution in [3.63, 3.8) is 0 Å². The summed E-state index contributed by atoms with van der Waals surface area (Å²) >= 11 is 0. The second-order valence-electron chi connectivity index (χ2n) is 4.05. The lowest BCUT2D eigenvalue weighted by Gasteiger charge is -2.17. The molecule has 0 saturated heterocycles. The van der Waals surface area contributed by atoms with E-state index >= 15 is 0 Å². The SMILES string of the molecule is CN=C(NCc1ccc(F)cc1)NC(C)COC.I. The summed E-state index contributed by atoms with van der Waals surface area (Å²) in [6.45, 7) is 3.21. The van der Waals surface area contributed by atoms with Crippen LogP contribution >= 0.6 is 24.0 Å². The minimum atomic E-state index is -0.227. The zero-order chi connectivity index (χ0) is 13.4. The number of guanidine groups is 1. The lowest BCUT2D eigenvalue weighted by Crippen LogP contribution is -2.43. The van der Waals surface area contributed by atoms with Crippen molar-refractivity contribution in [1.29, 1.82) is 0 Å². The van der Waals surface area contributed by atoms with Crippen molar-refractivity contribution < 1.29 is 9.13 Å². The average Bonchev–Trinajstić information content (AvgIpc) is 2.36. The lowest BCUT2D eigenvalue weighted by molar-refractivity contribution is 0.179. The predicted molar refractivity (Wildman–Crippen MR) is 86.5 cm³/mol. The number of hydrogen-bond donors (Lipinski definition) is 2. The molecule has 0 fully saturated rings. The van der Waals surface area contributed by atoms with Crippen molar-refractivity contribution in [3.05, 3.63) is 35.6 Å². The second-order valence-corrected chi connectivity index (χ2v) is 4.05. The number of halogens is 2. The lowest BCUT2D eigenvalue weighted by atomic mass is 10.2. The van der Waals surface area contributed by atoms with Crippen LogP contribution in [0.5, 0.6) is 0 Å².